The highest BCUT2D eigenvalue weighted by atomic mass is 32.1. The maximum atomic E-state index is 12.5. The van der Waals surface area contributed by atoms with Crippen LogP contribution in [0.2, 0.25) is 0 Å². The minimum Gasteiger partial charge on any atom is -0.339 e. The second-order valence-electron chi connectivity index (χ2n) is 5.52. The van der Waals surface area contributed by atoms with Crippen LogP contribution in [-0.2, 0) is 0 Å². The number of hydrogen-bond acceptors (Lipinski definition) is 4. The van der Waals surface area contributed by atoms with E-state index in [-0.39, 0.29) is 5.91 Å². The van der Waals surface area contributed by atoms with E-state index in [2.05, 4.69) is 9.97 Å². The van der Waals surface area contributed by atoms with Gasteiger partial charge in [0, 0.05) is 36.2 Å². The second-order valence-corrected chi connectivity index (χ2v) is 6.24. The average molecular weight is 312 g/mol. The first-order chi connectivity index (χ1) is 10.8. The van der Waals surface area contributed by atoms with E-state index < -0.39 is 0 Å². The third-order valence-corrected chi connectivity index (χ3v) is 4.66. The van der Waals surface area contributed by atoms with Gasteiger partial charge in [-0.3, -0.25) is 9.36 Å². The summed E-state index contributed by atoms with van der Waals surface area (Å²) in [5.41, 5.74) is 3.31. The lowest BCUT2D eigenvalue weighted by Gasteiger charge is -2.26. The molecule has 0 spiro atoms. The number of fused-ring (bicyclic) bond motifs is 1. The summed E-state index contributed by atoms with van der Waals surface area (Å²) < 4.78 is 1.95. The van der Waals surface area contributed by atoms with Crippen LogP contribution in [0.15, 0.2) is 35.4 Å². The summed E-state index contributed by atoms with van der Waals surface area (Å²) in [7, 11) is 0. The molecule has 1 amide bonds. The maximum Gasteiger partial charge on any atom is 0.255 e. The number of thiazole rings is 1. The molecule has 3 aromatic heterocycles. The van der Waals surface area contributed by atoms with Gasteiger partial charge in [-0.25, -0.2) is 9.97 Å². The van der Waals surface area contributed by atoms with Crippen molar-refractivity contribution >= 4 is 28.3 Å². The van der Waals surface area contributed by atoms with Crippen LogP contribution in [0, 0.1) is 0 Å². The lowest BCUT2D eigenvalue weighted by Crippen LogP contribution is -2.35. The first-order valence-electron chi connectivity index (χ1n) is 7.48. The van der Waals surface area contributed by atoms with E-state index in [1.165, 1.54) is 6.42 Å². The largest absolute Gasteiger partial charge is 0.339 e. The van der Waals surface area contributed by atoms with Crippen LogP contribution in [0.5, 0.6) is 0 Å². The topological polar surface area (TPSA) is 51.0 Å². The standard InChI is InChI=1S/C16H16N4OS/c21-16(19-5-2-1-3-6-19)13-8-12-4-7-20(15(12)17-9-13)14-10-22-11-18-14/h4,7-11H,1-3,5-6H2. The zero-order valence-electron chi connectivity index (χ0n) is 12.1. The minimum absolute atomic E-state index is 0.0931. The van der Waals surface area contributed by atoms with Crippen LogP contribution in [0.1, 0.15) is 29.6 Å². The maximum absolute atomic E-state index is 12.5. The van der Waals surface area contributed by atoms with Gasteiger partial charge in [-0.2, -0.15) is 0 Å². The number of piperidine rings is 1. The molecule has 0 bridgehead atoms. The fraction of sp³-hybridized carbons (Fsp3) is 0.312. The van der Waals surface area contributed by atoms with Crippen molar-refractivity contribution in [1.29, 1.82) is 0 Å². The monoisotopic (exact) mass is 312 g/mol. The fourth-order valence-electron chi connectivity index (χ4n) is 2.93. The summed E-state index contributed by atoms with van der Waals surface area (Å²) in [5, 5.41) is 2.95. The highest BCUT2D eigenvalue weighted by Crippen LogP contribution is 2.21. The molecule has 0 unspecified atom stereocenters. The van der Waals surface area contributed by atoms with E-state index in [9.17, 15) is 4.79 Å². The molecule has 0 aromatic carbocycles. The van der Waals surface area contributed by atoms with Crippen molar-refractivity contribution in [1.82, 2.24) is 19.4 Å². The van der Waals surface area contributed by atoms with Gasteiger partial charge in [0.15, 0.2) is 0 Å². The van der Waals surface area contributed by atoms with Crippen molar-refractivity contribution in [3.63, 3.8) is 0 Å². The summed E-state index contributed by atoms with van der Waals surface area (Å²) in [6, 6.07) is 3.91. The molecule has 0 saturated carbocycles. The zero-order valence-corrected chi connectivity index (χ0v) is 12.9. The molecule has 1 fully saturated rings. The van der Waals surface area contributed by atoms with Crippen LogP contribution in [0.4, 0.5) is 0 Å². The molecule has 22 heavy (non-hydrogen) atoms. The van der Waals surface area contributed by atoms with E-state index in [1.54, 1.807) is 23.0 Å². The quantitative estimate of drug-likeness (QED) is 0.730. The number of nitrogens with zero attached hydrogens (tertiary/aromatic N) is 4. The Morgan fingerprint density at radius 3 is 2.82 bits per heavy atom. The van der Waals surface area contributed by atoms with E-state index in [0.717, 1.165) is 42.8 Å². The van der Waals surface area contributed by atoms with Crippen molar-refractivity contribution in [2.24, 2.45) is 0 Å². The van der Waals surface area contributed by atoms with Crippen molar-refractivity contribution < 1.29 is 4.79 Å². The molecule has 6 heteroatoms. The van der Waals surface area contributed by atoms with Crippen LogP contribution in [0.25, 0.3) is 16.9 Å². The molecule has 112 valence electrons. The Kier molecular flexibility index (Phi) is 3.38. The summed E-state index contributed by atoms with van der Waals surface area (Å²) >= 11 is 1.55. The molecule has 0 aliphatic carbocycles. The molecule has 0 atom stereocenters. The number of carbonyl (C=O) groups excluding carboxylic acids is 1. The van der Waals surface area contributed by atoms with Gasteiger partial charge in [0.2, 0.25) is 0 Å². The number of amides is 1. The van der Waals surface area contributed by atoms with Crippen molar-refractivity contribution in [3.05, 3.63) is 41.0 Å². The normalized spacial score (nSPS) is 15.4. The molecule has 5 nitrogen and oxygen atoms in total. The van der Waals surface area contributed by atoms with E-state index in [0.29, 0.717) is 5.56 Å². The molecular weight excluding hydrogens is 296 g/mol. The minimum atomic E-state index is 0.0931. The predicted octanol–water partition coefficient (Wildman–Crippen LogP) is 3.11. The molecule has 4 rings (SSSR count). The van der Waals surface area contributed by atoms with Gasteiger partial charge in [-0.1, -0.05) is 0 Å². The molecule has 1 saturated heterocycles. The first-order valence-corrected chi connectivity index (χ1v) is 8.42. The Morgan fingerprint density at radius 1 is 1.18 bits per heavy atom. The first kappa shape index (κ1) is 13.5. The Bertz CT molecular complexity index is 803. The van der Waals surface area contributed by atoms with Crippen molar-refractivity contribution in [2.75, 3.05) is 13.1 Å². The Labute approximate surface area is 132 Å². The van der Waals surface area contributed by atoms with E-state index >= 15 is 0 Å². The highest BCUT2D eigenvalue weighted by molar-refractivity contribution is 7.07. The van der Waals surface area contributed by atoms with Crippen molar-refractivity contribution in [2.45, 2.75) is 19.3 Å². The highest BCUT2D eigenvalue weighted by Gasteiger charge is 2.19. The second kappa shape index (κ2) is 5.53. The van der Waals surface area contributed by atoms with Crippen molar-refractivity contribution in [3.8, 4) is 5.82 Å². The molecule has 3 aromatic rings. The Hall–Kier alpha value is -2.21. The van der Waals surface area contributed by atoms with Crippen LogP contribution >= 0.6 is 11.3 Å². The summed E-state index contributed by atoms with van der Waals surface area (Å²) in [6.45, 7) is 1.72. The molecular formula is C16H16N4OS. The Balaban J connectivity index is 1.68. The van der Waals surface area contributed by atoms with Gasteiger partial charge in [-0.05, 0) is 31.4 Å². The number of hydrogen-bond donors (Lipinski definition) is 0. The molecule has 4 heterocycles. The summed E-state index contributed by atoms with van der Waals surface area (Å²) in [6.07, 6.45) is 7.05. The lowest BCUT2D eigenvalue weighted by atomic mass is 10.1. The van der Waals surface area contributed by atoms with Gasteiger partial charge < -0.3 is 4.90 Å². The molecule has 0 radical (unpaired) electrons. The number of likely N-dealkylation sites (tertiary alicyclic amines) is 1. The number of carbonyl (C=O) groups is 1. The third-order valence-electron chi connectivity index (χ3n) is 4.08. The fourth-order valence-corrected chi connectivity index (χ4v) is 3.46. The van der Waals surface area contributed by atoms with Gasteiger partial charge in [0.05, 0.1) is 11.1 Å². The third kappa shape index (κ3) is 2.29. The summed E-state index contributed by atoms with van der Waals surface area (Å²) in [4.78, 5) is 23.3. The van der Waals surface area contributed by atoms with Crippen LogP contribution < -0.4 is 0 Å². The predicted molar refractivity (Wildman–Crippen MR) is 86.5 cm³/mol. The molecule has 1 aliphatic heterocycles. The number of pyridine rings is 1. The zero-order chi connectivity index (χ0) is 14.9. The van der Waals surface area contributed by atoms with E-state index in [4.69, 9.17) is 0 Å². The average Bonchev–Trinajstić information content (AvgIpc) is 3.23. The molecule has 0 N–H and O–H groups in total. The van der Waals surface area contributed by atoms with Gasteiger partial charge in [0.1, 0.15) is 11.5 Å². The number of rotatable bonds is 2. The van der Waals surface area contributed by atoms with Crippen LogP contribution in [0.3, 0.4) is 0 Å². The van der Waals surface area contributed by atoms with Gasteiger partial charge in [0.25, 0.3) is 5.91 Å². The summed E-state index contributed by atoms with van der Waals surface area (Å²) in [5.74, 6) is 0.957. The SMILES string of the molecule is O=C(c1cnc2c(ccn2-c2cscn2)c1)N1CCCCC1. The van der Waals surface area contributed by atoms with Gasteiger partial charge >= 0.3 is 0 Å². The van der Waals surface area contributed by atoms with E-state index in [1.807, 2.05) is 33.2 Å². The van der Waals surface area contributed by atoms with Gasteiger partial charge in [-0.15, -0.1) is 11.3 Å². The van der Waals surface area contributed by atoms with Crippen LogP contribution in [-0.4, -0.2) is 38.4 Å². The lowest BCUT2D eigenvalue weighted by molar-refractivity contribution is 0.0724. The smallest absolute Gasteiger partial charge is 0.255 e. The molecule has 1 aliphatic rings. The number of aromatic nitrogens is 3. The Morgan fingerprint density at radius 2 is 2.05 bits per heavy atom.